The van der Waals surface area contributed by atoms with Crippen molar-refractivity contribution in [3.63, 3.8) is 0 Å². The minimum atomic E-state index is -3.05. The summed E-state index contributed by atoms with van der Waals surface area (Å²) in [5.74, 6) is 0.244. The van der Waals surface area contributed by atoms with Crippen molar-refractivity contribution in [2.45, 2.75) is 12.4 Å². The Balaban J connectivity index is 2.78. The number of nitrogens with one attached hydrogen (secondary N) is 1. The molecule has 68 valence electrons. The number of nitrogens with zero attached hydrogens (tertiary/aromatic N) is 1. The summed E-state index contributed by atoms with van der Waals surface area (Å²) in [5.41, 5.74) is 0.522. The molecule has 0 atom stereocenters. The third kappa shape index (κ3) is 2.63. The van der Waals surface area contributed by atoms with Gasteiger partial charge in [-0.1, -0.05) is 0 Å². The van der Waals surface area contributed by atoms with Crippen LogP contribution in [0.1, 0.15) is 11.5 Å². The fraction of sp³-hybridized carbons (Fsp3) is 0.500. The molecule has 5 nitrogen and oxygen atoms in total. The molecule has 0 spiro atoms. The third-order valence-corrected chi connectivity index (χ3v) is 2.05. The molecule has 0 saturated carbocycles. The summed E-state index contributed by atoms with van der Waals surface area (Å²) in [6, 6.07) is 0. The van der Waals surface area contributed by atoms with Crippen LogP contribution in [0.5, 0.6) is 0 Å². The lowest BCUT2D eigenvalue weighted by atomic mass is 10.5. The second-order valence-electron chi connectivity index (χ2n) is 2.58. The van der Waals surface area contributed by atoms with Crippen molar-refractivity contribution in [2.24, 2.45) is 0 Å². The summed E-state index contributed by atoms with van der Waals surface area (Å²) < 4.78 is 21.6. The molecule has 1 rings (SSSR count). The predicted octanol–water partition coefficient (Wildman–Crippen LogP) is -0.553. The van der Waals surface area contributed by atoms with Crippen molar-refractivity contribution in [2.75, 3.05) is 6.26 Å². The number of rotatable bonds is 3. The Kier molecular flexibility index (Phi) is 2.49. The minimum absolute atomic E-state index is 0.118. The van der Waals surface area contributed by atoms with Crippen LogP contribution in [0, 0.1) is 0 Å². The van der Waals surface area contributed by atoms with Crippen molar-refractivity contribution in [3.05, 3.63) is 17.7 Å². The van der Waals surface area contributed by atoms with Gasteiger partial charge in [-0.2, -0.15) is 0 Å². The number of H-pyrrole nitrogens is 1. The maximum atomic E-state index is 10.8. The van der Waals surface area contributed by atoms with Crippen LogP contribution < -0.4 is 0 Å². The number of sulfone groups is 1. The van der Waals surface area contributed by atoms with E-state index in [1.54, 1.807) is 0 Å². The Morgan fingerprint density at radius 1 is 1.67 bits per heavy atom. The minimum Gasteiger partial charge on any atom is -0.390 e. The molecule has 1 aromatic rings. The van der Waals surface area contributed by atoms with E-state index < -0.39 is 9.84 Å². The summed E-state index contributed by atoms with van der Waals surface area (Å²) in [6.45, 7) is -0.156. The Bertz CT molecular complexity index is 355. The molecule has 0 amide bonds. The zero-order valence-corrected chi connectivity index (χ0v) is 7.43. The average Bonchev–Trinajstić information content (AvgIpc) is 2.32. The summed E-state index contributed by atoms with van der Waals surface area (Å²) in [6.07, 6.45) is 2.55. The van der Waals surface area contributed by atoms with Crippen LogP contribution in [0.4, 0.5) is 0 Å². The Morgan fingerprint density at radius 2 is 2.33 bits per heavy atom. The second-order valence-corrected chi connectivity index (χ2v) is 4.72. The molecule has 6 heteroatoms. The third-order valence-electron chi connectivity index (χ3n) is 1.25. The quantitative estimate of drug-likeness (QED) is 0.669. The molecule has 0 aliphatic carbocycles. The Labute approximate surface area is 70.4 Å². The van der Waals surface area contributed by atoms with Crippen LogP contribution in [0.15, 0.2) is 6.20 Å². The van der Waals surface area contributed by atoms with E-state index >= 15 is 0 Å². The zero-order valence-electron chi connectivity index (χ0n) is 6.61. The largest absolute Gasteiger partial charge is 0.390 e. The smallest absolute Gasteiger partial charge is 0.154 e. The van der Waals surface area contributed by atoms with Gasteiger partial charge in [0.2, 0.25) is 0 Å². The van der Waals surface area contributed by atoms with Gasteiger partial charge in [-0.15, -0.1) is 0 Å². The number of aliphatic hydroxyl groups is 1. The first-order valence-corrected chi connectivity index (χ1v) is 5.38. The molecule has 0 unspecified atom stereocenters. The number of hydrogen-bond donors (Lipinski definition) is 2. The molecule has 0 radical (unpaired) electrons. The van der Waals surface area contributed by atoms with Gasteiger partial charge in [0.05, 0.1) is 18.5 Å². The standard InChI is InChI=1S/C6H10N2O3S/c1-12(10,11)4-6-7-2-5(3-9)8-6/h2,9H,3-4H2,1H3,(H,7,8). The van der Waals surface area contributed by atoms with Gasteiger partial charge < -0.3 is 10.1 Å². The maximum absolute atomic E-state index is 10.8. The fourth-order valence-corrected chi connectivity index (χ4v) is 1.45. The lowest BCUT2D eigenvalue weighted by Gasteiger charge is -1.92. The van der Waals surface area contributed by atoms with E-state index in [9.17, 15) is 8.42 Å². The highest BCUT2D eigenvalue weighted by molar-refractivity contribution is 7.89. The van der Waals surface area contributed by atoms with Gasteiger partial charge in [0.1, 0.15) is 11.6 Å². The SMILES string of the molecule is CS(=O)(=O)Cc1ncc(CO)[nH]1. The van der Waals surface area contributed by atoms with Crippen LogP contribution in [0.25, 0.3) is 0 Å². The molecular formula is C6H10N2O3S. The van der Waals surface area contributed by atoms with Crippen LogP contribution in [0.2, 0.25) is 0 Å². The molecule has 1 aromatic heterocycles. The number of aromatic nitrogens is 2. The van der Waals surface area contributed by atoms with E-state index in [1.807, 2.05) is 0 Å². The summed E-state index contributed by atoms with van der Waals surface area (Å²) in [4.78, 5) is 6.46. The van der Waals surface area contributed by atoms with Crippen molar-refractivity contribution < 1.29 is 13.5 Å². The molecule has 12 heavy (non-hydrogen) atoms. The van der Waals surface area contributed by atoms with Gasteiger partial charge in [0.15, 0.2) is 9.84 Å². The number of imidazole rings is 1. The first kappa shape index (κ1) is 9.21. The highest BCUT2D eigenvalue weighted by Crippen LogP contribution is 2.00. The number of aromatic amines is 1. The number of hydrogen-bond acceptors (Lipinski definition) is 4. The molecule has 0 aliphatic heterocycles. The highest BCUT2D eigenvalue weighted by atomic mass is 32.2. The first-order valence-electron chi connectivity index (χ1n) is 3.32. The lowest BCUT2D eigenvalue weighted by Crippen LogP contribution is -2.02. The van der Waals surface area contributed by atoms with Crippen molar-refractivity contribution in [1.29, 1.82) is 0 Å². The molecule has 0 aliphatic rings. The van der Waals surface area contributed by atoms with Crippen LogP contribution >= 0.6 is 0 Å². The van der Waals surface area contributed by atoms with E-state index in [-0.39, 0.29) is 12.4 Å². The van der Waals surface area contributed by atoms with Crippen LogP contribution in [-0.4, -0.2) is 29.7 Å². The van der Waals surface area contributed by atoms with Crippen molar-refractivity contribution >= 4 is 9.84 Å². The van der Waals surface area contributed by atoms with Gasteiger partial charge >= 0.3 is 0 Å². The Morgan fingerprint density at radius 3 is 2.75 bits per heavy atom. The second kappa shape index (κ2) is 3.24. The topological polar surface area (TPSA) is 83.1 Å². The molecule has 2 N–H and O–H groups in total. The maximum Gasteiger partial charge on any atom is 0.154 e. The molecule has 0 fully saturated rings. The molecule has 0 aromatic carbocycles. The van der Waals surface area contributed by atoms with Gasteiger partial charge in [0, 0.05) is 6.26 Å². The van der Waals surface area contributed by atoms with Gasteiger partial charge in [0.25, 0.3) is 0 Å². The Hall–Kier alpha value is -0.880. The van der Waals surface area contributed by atoms with Crippen LogP contribution in [-0.2, 0) is 22.2 Å². The molecule has 0 saturated heterocycles. The lowest BCUT2D eigenvalue weighted by molar-refractivity contribution is 0.277. The van der Waals surface area contributed by atoms with Crippen molar-refractivity contribution in [1.82, 2.24) is 9.97 Å². The normalized spacial score (nSPS) is 11.8. The molecule has 1 heterocycles. The van der Waals surface area contributed by atoms with E-state index in [2.05, 4.69) is 9.97 Å². The van der Waals surface area contributed by atoms with Crippen molar-refractivity contribution in [3.8, 4) is 0 Å². The summed E-state index contributed by atoms with van der Waals surface area (Å²) >= 11 is 0. The summed E-state index contributed by atoms with van der Waals surface area (Å²) in [7, 11) is -3.05. The highest BCUT2D eigenvalue weighted by Gasteiger charge is 2.07. The predicted molar refractivity (Wildman–Crippen MR) is 43.1 cm³/mol. The van der Waals surface area contributed by atoms with E-state index in [1.165, 1.54) is 6.20 Å². The average molecular weight is 190 g/mol. The number of aliphatic hydroxyl groups excluding tert-OH is 1. The fourth-order valence-electron chi connectivity index (χ4n) is 0.808. The van der Waals surface area contributed by atoms with E-state index in [0.717, 1.165) is 6.26 Å². The zero-order chi connectivity index (χ0) is 9.19. The molecular weight excluding hydrogens is 180 g/mol. The van der Waals surface area contributed by atoms with Gasteiger partial charge in [-0.3, -0.25) is 0 Å². The first-order chi connectivity index (χ1) is 5.51. The monoisotopic (exact) mass is 190 g/mol. The van der Waals surface area contributed by atoms with Gasteiger partial charge in [-0.05, 0) is 0 Å². The summed E-state index contributed by atoms with van der Waals surface area (Å²) in [5, 5.41) is 8.63. The van der Waals surface area contributed by atoms with Gasteiger partial charge in [-0.25, -0.2) is 13.4 Å². The van der Waals surface area contributed by atoms with Crippen LogP contribution in [0.3, 0.4) is 0 Å². The van der Waals surface area contributed by atoms with E-state index in [4.69, 9.17) is 5.11 Å². The van der Waals surface area contributed by atoms with E-state index in [0.29, 0.717) is 11.5 Å². The molecule has 0 bridgehead atoms.